The van der Waals surface area contributed by atoms with E-state index in [1.54, 1.807) is 6.92 Å². The Labute approximate surface area is 222 Å². The van der Waals surface area contributed by atoms with E-state index in [2.05, 4.69) is 22.3 Å². The fourth-order valence-corrected chi connectivity index (χ4v) is 6.96. The Hall–Kier alpha value is -2.40. The largest absolute Gasteiger partial charge is 0.356 e. The van der Waals surface area contributed by atoms with Gasteiger partial charge in [0.1, 0.15) is 5.82 Å². The van der Waals surface area contributed by atoms with Crippen molar-refractivity contribution in [1.29, 1.82) is 0 Å². The van der Waals surface area contributed by atoms with Crippen LogP contribution >= 0.6 is 23.2 Å². The highest BCUT2D eigenvalue weighted by atomic mass is 35.5. The van der Waals surface area contributed by atoms with E-state index in [1.807, 2.05) is 48.5 Å². The topological polar surface area (TPSA) is 32.3 Å². The molecule has 6 heteroatoms. The first kappa shape index (κ1) is 25.3. The van der Waals surface area contributed by atoms with Crippen molar-refractivity contribution in [2.24, 2.45) is 5.41 Å². The number of nitrogens with one attached hydrogen (secondary N) is 1. The predicted molar refractivity (Wildman–Crippen MR) is 144 cm³/mol. The van der Waals surface area contributed by atoms with Crippen molar-refractivity contribution < 1.29 is 9.18 Å². The standard InChI is InChI=1S/C30H31Cl2FN2O/c1-20(36)34-19-30(16-21-10-12-22(33)13-11-21)17-23-14-15-24(18-30)35(23)29(25-6-2-4-8-27(25)31)26-7-3-5-9-28(26)32/h2-13,23-24,29H,14-19H2,1H3,(H,34,36)/t23-,24-/m0/s1. The molecule has 0 aliphatic carbocycles. The Balaban J connectivity index is 1.52. The van der Waals surface area contributed by atoms with E-state index < -0.39 is 0 Å². The number of hydrogen-bond acceptors (Lipinski definition) is 2. The first-order valence-corrected chi connectivity index (χ1v) is 13.4. The summed E-state index contributed by atoms with van der Waals surface area (Å²) in [6, 6.07) is 23.5. The van der Waals surface area contributed by atoms with Crippen LogP contribution in [0.5, 0.6) is 0 Å². The molecule has 188 valence electrons. The Morgan fingerprint density at radius 3 is 1.97 bits per heavy atom. The van der Waals surface area contributed by atoms with Crippen molar-refractivity contribution in [3.8, 4) is 0 Å². The third-order valence-electron chi connectivity index (χ3n) is 7.92. The normalized spacial score (nSPS) is 23.7. The van der Waals surface area contributed by atoms with Gasteiger partial charge in [-0.3, -0.25) is 9.69 Å². The predicted octanol–water partition coefficient (Wildman–Crippen LogP) is 7.21. The molecule has 1 amide bonds. The van der Waals surface area contributed by atoms with Gasteiger partial charge in [-0.05, 0) is 78.5 Å². The number of halogens is 3. The lowest BCUT2D eigenvalue weighted by Gasteiger charge is -2.50. The average molecular weight is 525 g/mol. The first-order chi connectivity index (χ1) is 17.3. The van der Waals surface area contributed by atoms with Crippen LogP contribution in [0.1, 0.15) is 55.3 Å². The van der Waals surface area contributed by atoms with Gasteiger partial charge in [0.2, 0.25) is 5.91 Å². The number of hydrogen-bond donors (Lipinski definition) is 1. The van der Waals surface area contributed by atoms with E-state index in [1.165, 1.54) is 12.1 Å². The van der Waals surface area contributed by atoms with Gasteiger partial charge in [0.05, 0.1) is 6.04 Å². The van der Waals surface area contributed by atoms with Crippen molar-refractivity contribution >= 4 is 29.1 Å². The van der Waals surface area contributed by atoms with E-state index in [4.69, 9.17) is 23.2 Å². The minimum Gasteiger partial charge on any atom is -0.356 e. The van der Waals surface area contributed by atoms with Gasteiger partial charge >= 0.3 is 0 Å². The van der Waals surface area contributed by atoms with Crippen LogP contribution in [0, 0.1) is 11.2 Å². The van der Waals surface area contributed by atoms with Crippen LogP contribution in [0.4, 0.5) is 4.39 Å². The number of piperidine rings is 1. The van der Waals surface area contributed by atoms with Gasteiger partial charge in [-0.1, -0.05) is 71.7 Å². The molecule has 0 unspecified atom stereocenters. The molecule has 3 aromatic carbocycles. The van der Waals surface area contributed by atoms with Crippen molar-refractivity contribution in [1.82, 2.24) is 10.2 Å². The number of benzene rings is 3. The van der Waals surface area contributed by atoms with Gasteiger partial charge < -0.3 is 5.32 Å². The van der Waals surface area contributed by atoms with Gasteiger partial charge in [-0.25, -0.2) is 4.39 Å². The number of nitrogens with zero attached hydrogens (tertiary/aromatic N) is 1. The van der Waals surface area contributed by atoms with Crippen LogP contribution in [-0.4, -0.2) is 29.4 Å². The van der Waals surface area contributed by atoms with Crippen LogP contribution in [0.25, 0.3) is 0 Å². The minimum absolute atomic E-state index is 0.0201. The van der Waals surface area contributed by atoms with Crippen LogP contribution in [0.15, 0.2) is 72.8 Å². The summed E-state index contributed by atoms with van der Waals surface area (Å²) in [5.41, 5.74) is 3.13. The van der Waals surface area contributed by atoms with E-state index in [0.717, 1.165) is 58.8 Å². The summed E-state index contributed by atoms with van der Waals surface area (Å²) in [4.78, 5) is 14.5. The summed E-state index contributed by atoms with van der Waals surface area (Å²) in [7, 11) is 0. The summed E-state index contributed by atoms with van der Waals surface area (Å²) < 4.78 is 13.6. The number of rotatable bonds is 7. The summed E-state index contributed by atoms with van der Waals surface area (Å²) in [5, 5.41) is 4.59. The second-order valence-electron chi connectivity index (χ2n) is 10.4. The highest BCUT2D eigenvalue weighted by Crippen LogP contribution is 2.52. The third kappa shape index (κ3) is 5.18. The van der Waals surface area contributed by atoms with Crippen molar-refractivity contribution in [2.45, 2.75) is 57.2 Å². The molecule has 2 atom stereocenters. The monoisotopic (exact) mass is 524 g/mol. The zero-order chi connectivity index (χ0) is 25.3. The van der Waals surface area contributed by atoms with Crippen LogP contribution < -0.4 is 5.32 Å². The average Bonchev–Trinajstić information content (AvgIpc) is 3.12. The SMILES string of the molecule is CC(=O)NCC1(Cc2ccc(F)cc2)C[C@@H]2CC[C@@H](C1)N2C(c1ccccc1Cl)c1ccccc1Cl. The molecule has 3 nitrogen and oxygen atoms in total. The molecule has 0 radical (unpaired) electrons. The fourth-order valence-electron chi connectivity index (χ4n) is 6.48. The Morgan fingerprint density at radius 1 is 0.944 bits per heavy atom. The van der Waals surface area contributed by atoms with Crippen LogP contribution in [-0.2, 0) is 11.2 Å². The zero-order valence-corrected chi connectivity index (χ0v) is 21.9. The Bertz CT molecular complexity index is 1170. The van der Waals surface area contributed by atoms with E-state index in [0.29, 0.717) is 18.6 Å². The summed E-state index contributed by atoms with van der Waals surface area (Å²) in [5.74, 6) is -0.250. The molecule has 2 heterocycles. The third-order valence-corrected chi connectivity index (χ3v) is 8.60. The maximum atomic E-state index is 13.6. The van der Waals surface area contributed by atoms with Gasteiger partial charge in [0, 0.05) is 35.6 Å². The molecule has 5 rings (SSSR count). The quantitative estimate of drug-likeness (QED) is 0.354. The Kier molecular flexibility index (Phi) is 7.39. The molecular weight excluding hydrogens is 494 g/mol. The fraction of sp³-hybridized carbons (Fsp3) is 0.367. The molecular formula is C30H31Cl2FN2O. The van der Waals surface area contributed by atoms with E-state index >= 15 is 0 Å². The number of fused-ring (bicyclic) bond motifs is 2. The number of amides is 1. The maximum absolute atomic E-state index is 13.6. The highest BCUT2D eigenvalue weighted by Gasteiger charge is 2.51. The van der Waals surface area contributed by atoms with Gasteiger partial charge in [0.15, 0.2) is 0 Å². The summed E-state index contributed by atoms with van der Waals surface area (Å²) in [6.07, 6.45) is 4.85. The van der Waals surface area contributed by atoms with E-state index in [9.17, 15) is 9.18 Å². The molecule has 2 fully saturated rings. The number of carbonyl (C=O) groups excluding carboxylic acids is 1. The van der Waals surface area contributed by atoms with Crippen LogP contribution in [0.2, 0.25) is 10.0 Å². The second-order valence-corrected chi connectivity index (χ2v) is 11.2. The van der Waals surface area contributed by atoms with Gasteiger partial charge in [-0.2, -0.15) is 0 Å². The van der Waals surface area contributed by atoms with Crippen molar-refractivity contribution in [3.63, 3.8) is 0 Å². The van der Waals surface area contributed by atoms with Gasteiger partial charge in [-0.15, -0.1) is 0 Å². The lowest BCUT2D eigenvalue weighted by Crippen LogP contribution is -2.53. The molecule has 2 bridgehead atoms. The minimum atomic E-state index is -0.230. The molecule has 0 aromatic heterocycles. The summed E-state index contributed by atoms with van der Waals surface area (Å²) in [6.45, 7) is 2.18. The molecule has 3 aromatic rings. The molecule has 2 saturated heterocycles. The summed E-state index contributed by atoms with van der Waals surface area (Å²) >= 11 is 13.5. The molecule has 36 heavy (non-hydrogen) atoms. The molecule has 2 aliphatic rings. The first-order valence-electron chi connectivity index (χ1n) is 12.6. The lowest BCUT2D eigenvalue weighted by molar-refractivity contribution is -0.119. The van der Waals surface area contributed by atoms with Crippen molar-refractivity contribution in [2.75, 3.05) is 6.54 Å². The van der Waals surface area contributed by atoms with Gasteiger partial charge in [0.25, 0.3) is 0 Å². The lowest BCUT2D eigenvalue weighted by atomic mass is 9.70. The Morgan fingerprint density at radius 2 is 1.47 bits per heavy atom. The van der Waals surface area contributed by atoms with Crippen molar-refractivity contribution in [3.05, 3.63) is 105 Å². The molecule has 1 N–H and O–H groups in total. The second kappa shape index (κ2) is 10.5. The van der Waals surface area contributed by atoms with Crippen LogP contribution in [0.3, 0.4) is 0 Å². The van der Waals surface area contributed by atoms with E-state index in [-0.39, 0.29) is 23.2 Å². The maximum Gasteiger partial charge on any atom is 0.216 e. The highest BCUT2D eigenvalue weighted by molar-refractivity contribution is 6.32. The molecule has 0 spiro atoms. The molecule has 0 saturated carbocycles. The number of carbonyl (C=O) groups is 1. The smallest absolute Gasteiger partial charge is 0.216 e. The zero-order valence-electron chi connectivity index (χ0n) is 20.4. The molecule has 2 aliphatic heterocycles.